The molecule has 0 aliphatic heterocycles. The minimum Gasteiger partial charge on any atom is -0.320 e. The van der Waals surface area contributed by atoms with Gasteiger partial charge in [0.05, 0.1) is 18.5 Å². The van der Waals surface area contributed by atoms with E-state index in [0.29, 0.717) is 5.82 Å². The monoisotopic (exact) mass is 210 g/mol. The molecule has 12 heavy (non-hydrogen) atoms. The van der Waals surface area contributed by atoms with Crippen molar-refractivity contribution in [2.24, 2.45) is 5.73 Å². The van der Waals surface area contributed by atoms with Crippen LogP contribution in [0, 0.1) is 11.3 Å². The predicted molar refractivity (Wildman–Crippen MR) is 45.8 cm³/mol. The molecule has 0 fully saturated rings. The maximum atomic E-state index is 8.22. The zero-order chi connectivity index (χ0) is 7.40. The van der Waals surface area contributed by atoms with Crippen molar-refractivity contribution < 1.29 is 0 Å². The van der Waals surface area contributed by atoms with E-state index in [9.17, 15) is 0 Å². The summed E-state index contributed by atoms with van der Waals surface area (Å²) in [5.41, 5.74) is 5.44. The molecule has 1 aromatic heterocycles. The molecular weight excluding hydrogens is 203 g/mol. The number of nitrogens with one attached hydrogen (secondary N) is 1. The standard InChI is InChI=1S/C4H6N6.2ClH/c5-2-1-3(6)4-7-9-10-8-4;;/h3H,1,6H2,(H,7,8,9,10);2*1H. The molecule has 0 radical (unpaired) electrons. The second-order valence-electron chi connectivity index (χ2n) is 1.74. The van der Waals surface area contributed by atoms with Gasteiger partial charge in [-0.3, -0.25) is 0 Å². The fourth-order valence-corrected chi connectivity index (χ4v) is 0.516. The maximum Gasteiger partial charge on any atom is 0.192 e. The topological polar surface area (TPSA) is 104 Å². The summed E-state index contributed by atoms with van der Waals surface area (Å²) in [5, 5.41) is 21.0. The number of rotatable bonds is 2. The average Bonchev–Trinajstić information content (AvgIpc) is 2.38. The van der Waals surface area contributed by atoms with E-state index in [2.05, 4.69) is 20.6 Å². The van der Waals surface area contributed by atoms with Crippen molar-refractivity contribution in [3.8, 4) is 6.07 Å². The molecule has 1 heterocycles. The summed E-state index contributed by atoms with van der Waals surface area (Å²) in [6, 6.07) is 1.48. The smallest absolute Gasteiger partial charge is 0.192 e. The van der Waals surface area contributed by atoms with E-state index in [1.54, 1.807) is 0 Å². The summed E-state index contributed by atoms with van der Waals surface area (Å²) < 4.78 is 0. The molecule has 0 bridgehead atoms. The lowest BCUT2D eigenvalue weighted by Gasteiger charge is -1.96. The Kier molecular flexibility index (Phi) is 7.73. The van der Waals surface area contributed by atoms with Crippen molar-refractivity contribution in [3.05, 3.63) is 5.82 Å². The molecule has 1 rings (SSSR count). The second kappa shape index (κ2) is 6.79. The Morgan fingerprint density at radius 2 is 2.25 bits per heavy atom. The van der Waals surface area contributed by atoms with Crippen LogP contribution in [0.15, 0.2) is 0 Å². The summed E-state index contributed by atoms with van der Waals surface area (Å²) in [6.45, 7) is 0. The van der Waals surface area contributed by atoms with Gasteiger partial charge in [0, 0.05) is 0 Å². The van der Waals surface area contributed by atoms with E-state index < -0.39 is 6.04 Å². The van der Waals surface area contributed by atoms with Crippen molar-refractivity contribution >= 4 is 24.8 Å². The molecule has 0 amide bonds. The van der Waals surface area contributed by atoms with Gasteiger partial charge in [0.15, 0.2) is 5.82 Å². The van der Waals surface area contributed by atoms with Gasteiger partial charge in [-0.05, 0) is 0 Å². The molecule has 0 aliphatic carbocycles. The SMILES string of the molecule is Cl.Cl.N#CCC(N)c1nn[nH]n1. The molecule has 0 aromatic carbocycles. The van der Waals surface area contributed by atoms with Gasteiger partial charge in [-0.2, -0.15) is 10.5 Å². The quantitative estimate of drug-likeness (QED) is 0.713. The van der Waals surface area contributed by atoms with Crippen LogP contribution in [0.25, 0.3) is 0 Å². The number of H-pyrrole nitrogens is 1. The average molecular weight is 211 g/mol. The van der Waals surface area contributed by atoms with E-state index >= 15 is 0 Å². The zero-order valence-corrected chi connectivity index (χ0v) is 7.60. The number of hydrogen-bond acceptors (Lipinski definition) is 5. The van der Waals surface area contributed by atoms with Crippen LogP contribution < -0.4 is 5.73 Å². The number of aromatic amines is 1. The van der Waals surface area contributed by atoms with Crippen LogP contribution in [0.5, 0.6) is 0 Å². The lowest BCUT2D eigenvalue weighted by molar-refractivity contribution is 0.689. The lowest BCUT2D eigenvalue weighted by Crippen LogP contribution is -2.11. The first-order valence-electron chi connectivity index (χ1n) is 2.70. The molecule has 0 spiro atoms. The molecule has 0 saturated carbocycles. The molecular formula is C4H8Cl2N6. The highest BCUT2D eigenvalue weighted by molar-refractivity contribution is 5.85. The Bertz CT molecular complexity index is 228. The van der Waals surface area contributed by atoms with Crippen LogP contribution in [-0.4, -0.2) is 20.6 Å². The Labute approximate surface area is 81.3 Å². The number of nitrogens with zero attached hydrogens (tertiary/aromatic N) is 4. The predicted octanol–water partition coefficient (Wildman–Crippen LogP) is -0.0432. The third kappa shape index (κ3) is 3.48. The van der Waals surface area contributed by atoms with Gasteiger partial charge in [0.1, 0.15) is 0 Å². The van der Waals surface area contributed by atoms with E-state index in [1.807, 2.05) is 6.07 Å². The third-order valence-corrected chi connectivity index (χ3v) is 1.00. The molecule has 68 valence electrons. The van der Waals surface area contributed by atoms with Gasteiger partial charge in [-0.15, -0.1) is 35.0 Å². The Hall–Kier alpha value is -0.900. The highest BCUT2D eigenvalue weighted by Gasteiger charge is 2.08. The second-order valence-corrected chi connectivity index (χ2v) is 1.74. The molecule has 3 N–H and O–H groups in total. The Morgan fingerprint density at radius 1 is 1.58 bits per heavy atom. The number of aromatic nitrogens is 4. The Balaban J connectivity index is 0. The molecule has 1 unspecified atom stereocenters. The summed E-state index contributed by atoms with van der Waals surface area (Å²) >= 11 is 0. The summed E-state index contributed by atoms with van der Waals surface area (Å²) in [4.78, 5) is 0. The lowest BCUT2D eigenvalue weighted by atomic mass is 10.2. The third-order valence-electron chi connectivity index (χ3n) is 1.00. The molecule has 8 heteroatoms. The van der Waals surface area contributed by atoms with Gasteiger partial charge in [-0.25, -0.2) is 0 Å². The van der Waals surface area contributed by atoms with Crippen LogP contribution in [0.3, 0.4) is 0 Å². The number of nitriles is 1. The van der Waals surface area contributed by atoms with Crippen LogP contribution in [0.1, 0.15) is 18.3 Å². The fourth-order valence-electron chi connectivity index (χ4n) is 0.516. The van der Waals surface area contributed by atoms with Gasteiger partial charge < -0.3 is 5.73 Å². The van der Waals surface area contributed by atoms with Crippen LogP contribution in [-0.2, 0) is 0 Å². The van der Waals surface area contributed by atoms with E-state index in [4.69, 9.17) is 11.0 Å². The highest BCUT2D eigenvalue weighted by Crippen LogP contribution is 2.03. The maximum absolute atomic E-state index is 8.22. The van der Waals surface area contributed by atoms with Crippen molar-refractivity contribution in [3.63, 3.8) is 0 Å². The molecule has 6 nitrogen and oxygen atoms in total. The minimum absolute atomic E-state index is 0. The Morgan fingerprint density at radius 3 is 2.67 bits per heavy atom. The van der Waals surface area contributed by atoms with Gasteiger partial charge in [0.25, 0.3) is 0 Å². The summed E-state index contributed by atoms with van der Waals surface area (Å²) in [5.74, 6) is 0.376. The van der Waals surface area contributed by atoms with Crippen LogP contribution >= 0.6 is 24.8 Å². The largest absolute Gasteiger partial charge is 0.320 e. The summed E-state index contributed by atoms with van der Waals surface area (Å²) in [6.07, 6.45) is 0.208. The van der Waals surface area contributed by atoms with Crippen molar-refractivity contribution in [2.75, 3.05) is 0 Å². The van der Waals surface area contributed by atoms with E-state index in [-0.39, 0.29) is 31.2 Å². The molecule has 0 saturated heterocycles. The van der Waals surface area contributed by atoms with Crippen LogP contribution in [0.2, 0.25) is 0 Å². The molecule has 1 aromatic rings. The molecule has 0 aliphatic rings. The normalized spacial score (nSPS) is 10.3. The first kappa shape index (κ1) is 13.7. The minimum atomic E-state index is -0.427. The van der Waals surface area contributed by atoms with Crippen LogP contribution in [0.4, 0.5) is 0 Å². The first-order valence-corrected chi connectivity index (χ1v) is 2.70. The zero-order valence-electron chi connectivity index (χ0n) is 5.97. The van der Waals surface area contributed by atoms with Gasteiger partial charge in [-0.1, -0.05) is 5.21 Å². The molecule has 1 atom stereocenters. The number of tetrazole rings is 1. The van der Waals surface area contributed by atoms with Crippen molar-refractivity contribution in [1.82, 2.24) is 20.6 Å². The van der Waals surface area contributed by atoms with Crippen molar-refractivity contribution in [2.45, 2.75) is 12.5 Å². The van der Waals surface area contributed by atoms with Gasteiger partial charge in [0.2, 0.25) is 0 Å². The van der Waals surface area contributed by atoms with Crippen molar-refractivity contribution in [1.29, 1.82) is 5.26 Å². The summed E-state index contributed by atoms with van der Waals surface area (Å²) in [7, 11) is 0. The fraction of sp³-hybridized carbons (Fsp3) is 0.500. The highest BCUT2D eigenvalue weighted by atomic mass is 35.5. The number of nitrogens with two attached hydrogens (primary N) is 1. The number of hydrogen-bond donors (Lipinski definition) is 2. The number of halogens is 2. The first-order chi connectivity index (χ1) is 4.84. The van der Waals surface area contributed by atoms with E-state index in [0.717, 1.165) is 0 Å². The van der Waals surface area contributed by atoms with Gasteiger partial charge >= 0.3 is 0 Å². The van der Waals surface area contributed by atoms with E-state index in [1.165, 1.54) is 0 Å².